The lowest BCUT2D eigenvalue weighted by Gasteiger charge is -2.25. The Bertz CT molecular complexity index is 289. The predicted octanol–water partition coefficient (Wildman–Crippen LogP) is 0.886. The topological polar surface area (TPSA) is 39.9 Å². The van der Waals surface area contributed by atoms with Crippen LogP contribution in [0.3, 0.4) is 0 Å². The molecule has 0 unspecified atom stereocenters. The molecule has 1 saturated heterocycles. The average Bonchev–Trinajstić information content (AvgIpc) is 2.53. The second-order valence-corrected chi connectivity index (χ2v) is 3.29. The molecule has 0 aromatic carbocycles. The number of nitrogens with zero attached hydrogens (tertiary/aromatic N) is 3. The molecular formula is C8H12FN3O. The number of aryl methyl sites for hydroxylation is 1. The zero-order valence-electron chi connectivity index (χ0n) is 7.48. The van der Waals surface area contributed by atoms with Crippen LogP contribution in [0.15, 0.2) is 6.20 Å². The van der Waals surface area contributed by atoms with Crippen LogP contribution in [0.2, 0.25) is 0 Å². The summed E-state index contributed by atoms with van der Waals surface area (Å²) < 4.78 is 19.9. The first kappa shape index (κ1) is 8.62. The summed E-state index contributed by atoms with van der Waals surface area (Å²) in [6.45, 7) is 2.61. The second kappa shape index (κ2) is 3.41. The summed E-state index contributed by atoms with van der Waals surface area (Å²) in [6.07, 6.45) is 1.47. The molecule has 1 aliphatic rings. The molecule has 0 spiro atoms. The van der Waals surface area contributed by atoms with E-state index in [0.29, 0.717) is 13.0 Å². The molecule has 72 valence electrons. The smallest absolute Gasteiger partial charge is 0.146 e. The lowest BCUT2D eigenvalue weighted by molar-refractivity contribution is -0.000636. The molecular weight excluding hydrogens is 173 g/mol. The molecule has 2 rings (SSSR count). The van der Waals surface area contributed by atoms with Gasteiger partial charge in [0.2, 0.25) is 0 Å². The number of halogens is 1. The van der Waals surface area contributed by atoms with Gasteiger partial charge in [0.1, 0.15) is 6.17 Å². The van der Waals surface area contributed by atoms with Gasteiger partial charge in [-0.3, -0.25) is 0 Å². The summed E-state index contributed by atoms with van der Waals surface area (Å²) >= 11 is 0. The van der Waals surface area contributed by atoms with E-state index in [1.54, 1.807) is 10.9 Å². The highest BCUT2D eigenvalue weighted by Gasteiger charge is 2.27. The summed E-state index contributed by atoms with van der Waals surface area (Å²) in [5.74, 6) is 0. The van der Waals surface area contributed by atoms with E-state index in [1.807, 2.05) is 6.92 Å². The standard InChI is InChI=1S/C8H12FN3O/c1-6-4-12(11-10-6)8-2-3-13-5-7(8)9/h4,7-8H,2-3,5H2,1H3/t7-,8+/m0/s1. The fraction of sp³-hybridized carbons (Fsp3) is 0.750. The number of ether oxygens (including phenoxy) is 1. The Kier molecular flexibility index (Phi) is 2.26. The highest BCUT2D eigenvalue weighted by molar-refractivity contribution is 4.90. The van der Waals surface area contributed by atoms with Gasteiger partial charge in [-0.2, -0.15) is 0 Å². The van der Waals surface area contributed by atoms with E-state index in [-0.39, 0.29) is 12.6 Å². The molecule has 4 nitrogen and oxygen atoms in total. The zero-order valence-corrected chi connectivity index (χ0v) is 7.48. The first-order valence-corrected chi connectivity index (χ1v) is 4.37. The zero-order chi connectivity index (χ0) is 9.26. The monoisotopic (exact) mass is 185 g/mol. The Morgan fingerprint density at radius 1 is 1.69 bits per heavy atom. The van der Waals surface area contributed by atoms with E-state index < -0.39 is 6.17 Å². The van der Waals surface area contributed by atoms with Crippen molar-refractivity contribution in [2.24, 2.45) is 0 Å². The highest BCUT2D eigenvalue weighted by atomic mass is 19.1. The Morgan fingerprint density at radius 3 is 3.15 bits per heavy atom. The van der Waals surface area contributed by atoms with Crippen molar-refractivity contribution < 1.29 is 9.13 Å². The third kappa shape index (κ3) is 1.70. The van der Waals surface area contributed by atoms with Crippen LogP contribution in [0.25, 0.3) is 0 Å². The minimum Gasteiger partial charge on any atom is -0.378 e. The maximum atomic E-state index is 13.3. The quantitative estimate of drug-likeness (QED) is 0.652. The molecule has 0 bridgehead atoms. The van der Waals surface area contributed by atoms with Crippen LogP contribution in [0.1, 0.15) is 18.2 Å². The third-order valence-electron chi connectivity index (χ3n) is 2.22. The van der Waals surface area contributed by atoms with Crippen molar-refractivity contribution in [3.8, 4) is 0 Å². The van der Waals surface area contributed by atoms with Gasteiger partial charge in [0.15, 0.2) is 0 Å². The van der Waals surface area contributed by atoms with E-state index >= 15 is 0 Å². The van der Waals surface area contributed by atoms with Crippen molar-refractivity contribution in [1.82, 2.24) is 15.0 Å². The summed E-state index contributed by atoms with van der Waals surface area (Å²) in [7, 11) is 0. The number of rotatable bonds is 1. The molecule has 2 heterocycles. The molecule has 1 aliphatic heterocycles. The Morgan fingerprint density at radius 2 is 2.54 bits per heavy atom. The van der Waals surface area contributed by atoms with Gasteiger partial charge in [-0.25, -0.2) is 9.07 Å². The lowest BCUT2D eigenvalue weighted by Crippen LogP contribution is -2.31. The Balaban J connectivity index is 2.14. The SMILES string of the molecule is Cc1cn([C@@H]2CCOC[C@@H]2F)nn1. The van der Waals surface area contributed by atoms with Crippen LogP contribution < -0.4 is 0 Å². The lowest BCUT2D eigenvalue weighted by atomic mass is 10.1. The van der Waals surface area contributed by atoms with Gasteiger partial charge in [0, 0.05) is 12.8 Å². The number of aromatic nitrogens is 3. The summed E-state index contributed by atoms with van der Waals surface area (Å²) in [5, 5.41) is 7.69. The first-order valence-electron chi connectivity index (χ1n) is 4.37. The van der Waals surface area contributed by atoms with Gasteiger partial charge >= 0.3 is 0 Å². The molecule has 0 amide bonds. The van der Waals surface area contributed by atoms with Crippen LogP contribution in [0, 0.1) is 6.92 Å². The molecule has 1 fully saturated rings. The summed E-state index contributed by atoms with van der Waals surface area (Å²) in [5.41, 5.74) is 0.818. The molecule has 0 saturated carbocycles. The van der Waals surface area contributed by atoms with E-state index in [1.165, 1.54) is 0 Å². The number of hydrogen-bond acceptors (Lipinski definition) is 3. The molecule has 1 aromatic rings. The number of hydrogen-bond donors (Lipinski definition) is 0. The van der Waals surface area contributed by atoms with Gasteiger partial charge in [-0.1, -0.05) is 5.21 Å². The molecule has 0 aliphatic carbocycles. The fourth-order valence-corrected chi connectivity index (χ4v) is 1.52. The Hall–Kier alpha value is -0.970. The van der Waals surface area contributed by atoms with Gasteiger partial charge < -0.3 is 4.74 Å². The van der Waals surface area contributed by atoms with Crippen molar-refractivity contribution in [3.05, 3.63) is 11.9 Å². The van der Waals surface area contributed by atoms with Crippen molar-refractivity contribution in [1.29, 1.82) is 0 Å². The van der Waals surface area contributed by atoms with Crippen LogP contribution in [-0.4, -0.2) is 34.4 Å². The van der Waals surface area contributed by atoms with Crippen molar-refractivity contribution in [2.45, 2.75) is 25.6 Å². The predicted molar refractivity (Wildman–Crippen MR) is 44.1 cm³/mol. The molecule has 0 N–H and O–H groups in total. The largest absolute Gasteiger partial charge is 0.378 e. The maximum Gasteiger partial charge on any atom is 0.146 e. The average molecular weight is 185 g/mol. The van der Waals surface area contributed by atoms with E-state index in [0.717, 1.165) is 5.69 Å². The van der Waals surface area contributed by atoms with Crippen LogP contribution in [0.5, 0.6) is 0 Å². The molecule has 1 aromatic heterocycles. The van der Waals surface area contributed by atoms with Crippen LogP contribution in [0.4, 0.5) is 4.39 Å². The Labute approximate surface area is 75.7 Å². The van der Waals surface area contributed by atoms with Crippen molar-refractivity contribution in [2.75, 3.05) is 13.2 Å². The van der Waals surface area contributed by atoms with Crippen molar-refractivity contribution >= 4 is 0 Å². The van der Waals surface area contributed by atoms with Gasteiger partial charge in [-0.05, 0) is 13.3 Å². The van der Waals surface area contributed by atoms with Gasteiger partial charge in [0.05, 0.1) is 18.3 Å². The second-order valence-electron chi connectivity index (χ2n) is 3.29. The minimum atomic E-state index is -0.963. The molecule has 0 radical (unpaired) electrons. The molecule has 5 heteroatoms. The normalized spacial score (nSPS) is 29.1. The maximum absolute atomic E-state index is 13.3. The fourth-order valence-electron chi connectivity index (χ4n) is 1.52. The number of alkyl halides is 1. The highest BCUT2D eigenvalue weighted by Crippen LogP contribution is 2.22. The van der Waals surface area contributed by atoms with Crippen LogP contribution in [-0.2, 0) is 4.74 Å². The van der Waals surface area contributed by atoms with Gasteiger partial charge in [0.25, 0.3) is 0 Å². The first-order chi connectivity index (χ1) is 6.27. The molecule has 13 heavy (non-hydrogen) atoms. The third-order valence-corrected chi connectivity index (χ3v) is 2.22. The van der Waals surface area contributed by atoms with E-state index in [4.69, 9.17) is 4.74 Å². The van der Waals surface area contributed by atoms with E-state index in [2.05, 4.69) is 10.3 Å². The van der Waals surface area contributed by atoms with Crippen LogP contribution >= 0.6 is 0 Å². The summed E-state index contributed by atoms with van der Waals surface area (Å²) in [6, 6.07) is -0.199. The molecule has 2 atom stereocenters. The van der Waals surface area contributed by atoms with E-state index in [9.17, 15) is 4.39 Å². The van der Waals surface area contributed by atoms with Crippen molar-refractivity contribution in [3.63, 3.8) is 0 Å². The minimum absolute atomic E-state index is 0.170. The van der Waals surface area contributed by atoms with Gasteiger partial charge in [-0.15, -0.1) is 5.10 Å². The summed E-state index contributed by atoms with van der Waals surface area (Å²) in [4.78, 5) is 0.